The lowest BCUT2D eigenvalue weighted by Gasteiger charge is -2.17. The van der Waals surface area contributed by atoms with Gasteiger partial charge in [-0.05, 0) is 69.9 Å². The van der Waals surface area contributed by atoms with E-state index in [1.165, 1.54) is 0 Å². The van der Waals surface area contributed by atoms with Gasteiger partial charge in [0.2, 0.25) is 5.91 Å². The van der Waals surface area contributed by atoms with Crippen LogP contribution in [0, 0.1) is 18.6 Å². The summed E-state index contributed by atoms with van der Waals surface area (Å²) in [5.74, 6) is -2.06. The maximum Gasteiger partial charge on any atom is 0.224 e. The molecule has 0 aliphatic rings. The van der Waals surface area contributed by atoms with Crippen LogP contribution in [0.25, 0.3) is 16.9 Å². The van der Waals surface area contributed by atoms with Gasteiger partial charge in [0.1, 0.15) is 17.3 Å². The Hall–Kier alpha value is -2.84. The third kappa shape index (κ3) is 6.86. The van der Waals surface area contributed by atoms with E-state index < -0.39 is 23.1 Å². The Kier molecular flexibility index (Phi) is 8.61. The molecule has 1 atom stereocenters. The van der Waals surface area contributed by atoms with Crippen LogP contribution in [-0.4, -0.2) is 38.7 Å². The molecule has 0 aliphatic carbocycles. The Morgan fingerprint density at radius 3 is 2.51 bits per heavy atom. The fraction of sp³-hybridized carbons (Fsp3) is 0.481. The molecule has 1 aromatic carbocycles. The third-order valence-electron chi connectivity index (χ3n) is 5.84. The Morgan fingerprint density at radius 2 is 1.91 bits per heavy atom. The molecular formula is C27H35F2N3O3. The molecule has 0 radical (unpaired) electrons. The Balaban J connectivity index is 1.99. The number of rotatable bonds is 11. The number of carbonyl (C=O) groups excluding carboxylic acids is 1. The number of aliphatic hydroxyl groups is 1. The van der Waals surface area contributed by atoms with Gasteiger partial charge < -0.3 is 19.6 Å². The van der Waals surface area contributed by atoms with Crippen molar-refractivity contribution in [3.05, 3.63) is 53.4 Å². The van der Waals surface area contributed by atoms with E-state index in [-0.39, 0.29) is 35.9 Å². The smallest absolute Gasteiger partial charge is 0.224 e. The number of aromatic nitrogens is 2. The number of amides is 1. The number of hydrogen-bond donors (Lipinski definition) is 2. The second-order valence-corrected chi connectivity index (χ2v) is 9.62. The summed E-state index contributed by atoms with van der Waals surface area (Å²) in [7, 11) is 0. The first kappa shape index (κ1) is 26.8. The molecule has 3 rings (SSSR count). The molecule has 1 unspecified atom stereocenters. The Morgan fingerprint density at radius 1 is 1.23 bits per heavy atom. The summed E-state index contributed by atoms with van der Waals surface area (Å²) < 4.78 is 38.4. The molecule has 0 saturated heterocycles. The van der Waals surface area contributed by atoms with Gasteiger partial charge in [-0.15, -0.1) is 0 Å². The second kappa shape index (κ2) is 11.3. The van der Waals surface area contributed by atoms with Crippen molar-refractivity contribution in [2.24, 2.45) is 0 Å². The molecule has 2 aromatic heterocycles. The van der Waals surface area contributed by atoms with Crippen LogP contribution in [0.15, 0.2) is 30.5 Å². The van der Waals surface area contributed by atoms with Crippen LogP contribution in [0.1, 0.15) is 64.6 Å². The first-order valence-electron chi connectivity index (χ1n) is 12.1. The summed E-state index contributed by atoms with van der Waals surface area (Å²) in [5.41, 5.74) is 1.26. The van der Waals surface area contributed by atoms with Crippen molar-refractivity contribution in [2.45, 2.75) is 78.4 Å². The molecule has 0 bridgehead atoms. The van der Waals surface area contributed by atoms with Gasteiger partial charge in [0.15, 0.2) is 0 Å². The van der Waals surface area contributed by atoms with Crippen molar-refractivity contribution in [3.63, 3.8) is 0 Å². The van der Waals surface area contributed by atoms with E-state index in [1.807, 2.05) is 43.5 Å². The molecule has 0 aliphatic heterocycles. The maximum atomic E-state index is 15.3. The summed E-state index contributed by atoms with van der Waals surface area (Å²) in [6.07, 6.45) is 4.07. The van der Waals surface area contributed by atoms with Crippen molar-refractivity contribution < 1.29 is 23.4 Å². The average molecular weight is 488 g/mol. The monoisotopic (exact) mass is 487 g/mol. The standard InChI is InChI=1S/C27H35F2N3O3/c1-6-12-35-19(7-2)16-22-26(31-23-13-17(3)9-11-32(22)23)25-20(28)14-18(15-21(25)29)30-24(33)8-10-27(4,5)34/h9,11,13-15,19,34H,6-8,10,12,16H2,1-5H3,(H,30,33). The van der Waals surface area contributed by atoms with Crippen LogP contribution in [0.2, 0.25) is 0 Å². The number of ether oxygens (including phenoxy) is 1. The fourth-order valence-corrected chi connectivity index (χ4v) is 3.93. The first-order chi connectivity index (χ1) is 16.5. The fourth-order valence-electron chi connectivity index (χ4n) is 3.93. The van der Waals surface area contributed by atoms with Crippen LogP contribution < -0.4 is 5.32 Å². The van der Waals surface area contributed by atoms with E-state index >= 15 is 8.78 Å². The lowest BCUT2D eigenvalue weighted by molar-refractivity contribution is -0.117. The summed E-state index contributed by atoms with van der Waals surface area (Å²) in [4.78, 5) is 16.8. The van der Waals surface area contributed by atoms with Crippen LogP contribution >= 0.6 is 0 Å². The number of nitrogens with one attached hydrogen (secondary N) is 1. The topological polar surface area (TPSA) is 75.9 Å². The normalized spacial score (nSPS) is 12.8. The lowest BCUT2D eigenvalue weighted by atomic mass is 10.0. The van der Waals surface area contributed by atoms with E-state index in [0.29, 0.717) is 24.4 Å². The van der Waals surface area contributed by atoms with Gasteiger partial charge in [-0.25, -0.2) is 13.8 Å². The summed E-state index contributed by atoms with van der Waals surface area (Å²) in [6.45, 7) is 9.78. The molecule has 6 nitrogen and oxygen atoms in total. The number of hydrogen-bond acceptors (Lipinski definition) is 4. The molecule has 190 valence electrons. The van der Waals surface area contributed by atoms with Gasteiger partial charge in [-0.2, -0.15) is 0 Å². The number of fused-ring (bicyclic) bond motifs is 1. The van der Waals surface area contributed by atoms with Gasteiger partial charge in [-0.1, -0.05) is 13.8 Å². The van der Waals surface area contributed by atoms with Gasteiger partial charge in [0.25, 0.3) is 0 Å². The summed E-state index contributed by atoms with van der Waals surface area (Å²) >= 11 is 0. The van der Waals surface area contributed by atoms with Crippen LogP contribution in [0.5, 0.6) is 0 Å². The van der Waals surface area contributed by atoms with Crippen molar-refractivity contribution in [2.75, 3.05) is 11.9 Å². The van der Waals surface area contributed by atoms with E-state index in [9.17, 15) is 9.90 Å². The predicted molar refractivity (Wildman–Crippen MR) is 133 cm³/mol. The molecule has 0 saturated carbocycles. The quantitative estimate of drug-likeness (QED) is 0.357. The first-order valence-corrected chi connectivity index (χ1v) is 12.1. The minimum absolute atomic E-state index is 0.0170. The molecule has 3 aromatic rings. The maximum absolute atomic E-state index is 15.3. The highest BCUT2D eigenvalue weighted by Crippen LogP contribution is 2.33. The molecule has 2 N–H and O–H groups in total. The van der Waals surface area contributed by atoms with Crippen molar-refractivity contribution in [1.82, 2.24) is 9.38 Å². The highest BCUT2D eigenvalue weighted by molar-refractivity contribution is 5.91. The van der Waals surface area contributed by atoms with Crippen molar-refractivity contribution in [3.8, 4) is 11.3 Å². The largest absolute Gasteiger partial charge is 0.390 e. The lowest BCUT2D eigenvalue weighted by Crippen LogP contribution is -2.22. The number of aryl methyl sites for hydroxylation is 1. The minimum Gasteiger partial charge on any atom is -0.390 e. The third-order valence-corrected chi connectivity index (χ3v) is 5.84. The molecule has 0 spiro atoms. The van der Waals surface area contributed by atoms with Gasteiger partial charge in [-0.3, -0.25) is 4.79 Å². The average Bonchev–Trinajstić information content (AvgIpc) is 3.10. The van der Waals surface area contributed by atoms with E-state index in [4.69, 9.17) is 4.74 Å². The zero-order valence-corrected chi connectivity index (χ0v) is 21.1. The van der Waals surface area contributed by atoms with E-state index in [0.717, 1.165) is 30.5 Å². The zero-order chi connectivity index (χ0) is 25.8. The van der Waals surface area contributed by atoms with Crippen LogP contribution in [0.3, 0.4) is 0 Å². The van der Waals surface area contributed by atoms with Crippen molar-refractivity contribution in [1.29, 1.82) is 0 Å². The van der Waals surface area contributed by atoms with Crippen LogP contribution in [0.4, 0.5) is 14.5 Å². The van der Waals surface area contributed by atoms with Gasteiger partial charge in [0.05, 0.1) is 28.7 Å². The number of carbonyl (C=O) groups is 1. The van der Waals surface area contributed by atoms with E-state index in [2.05, 4.69) is 10.3 Å². The minimum atomic E-state index is -1.01. The predicted octanol–water partition coefficient (Wildman–Crippen LogP) is 5.83. The zero-order valence-electron chi connectivity index (χ0n) is 21.1. The number of pyridine rings is 1. The van der Waals surface area contributed by atoms with Crippen molar-refractivity contribution >= 4 is 17.2 Å². The highest BCUT2D eigenvalue weighted by atomic mass is 19.1. The highest BCUT2D eigenvalue weighted by Gasteiger charge is 2.24. The summed E-state index contributed by atoms with van der Waals surface area (Å²) in [6, 6.07) is 6.00. The molecule has 0 fully saturated rings. The molecule has 35 heavy (non-hydrogen) atoms. The number of halogens is 2. The van der Waals surface area contributed by atoms with Gasteiger partial charge in [0, 0.05) is 31.3 Å². The second-order valence-electron chi connectivity index (χ2n) is 9.62. The molecular weight excluding hydrogens is 452 g/mol. The number of nitrogens with zero attached hydrogens (tertiary/aromatic N) is 2. The Labute approximate surface area is 205 Å². The molecule has 8 heteroatoms. The van der Waals surface area contributed by atoms with Crippen LogP contribution in [-0.2, 0) is 16.0 Å². The SMILES string of the molecule is CCCOC(CC)Cc1c(-c2c(F)cc(NC(=O)CCC(C)(C)O)cc2F)nc2cc(C)ccn12. The molecule has 2 heterocycles. The summed E-state index contributed by atoms with van der Waals surface area (Å²) in [5, 5.41) is 12.3. The molecule has 1 amide bonds. The number of anilines is 1. The number of benzene rings is 1. The van der Waals surface area contributed by atoms with Gasteiger partial charge >= 0.3 is 0 Å². The van der Waals surface area contributed by atoms with E-state index in [1.54, 1.807) is 13.8 Å². The number of imidazole rings is 1. The Bertz CT molecular complexity index is 1160.